The molecule has 1 aliphatic rings. The summed E-state index contributed by atoms with van der Waals surface area (Å²) in [4.78, 5) is 13.9. The lowest BCUT2D eigenvalue weighted by molar-refractivity contribution is -0.121. The highest BCUT2D eigenvalue weighted by Gasteiger charge is 2.45. The fourth-order valence-electron chi connectivity index (χ4n) is 4.67. The van der Waals surface area contributed by atoms with Crippen molar-refractivity contribution >= 4 is 22.4 Å². The summed E-state index contributed by atoms with van der Waals surface area (Å²) in [5.74, 6) is 0.829. The van der Waals surface area contributed by atoms with Crippen molar-refractivity contribution in [1.82, 2.24) is 0 Å². The van der Waals surface area contributed by atoms with Crippen LogP contribution in [0.1, 0.15) is 16.7 Å². The number of carbonyl (C=O) groups is 1. The Bertz CT molecular complexity index is 1210. The van der Waals surface area contributed by atoms with Gasteiger partial charge in [-0.3, -0.25) is 4.79 Å². The van der Waals surface area contributed by atoms with E-state index in [4.69, 9.17) is 4.74 Å². The van der Waals surface area contributed by atoms with Gasteiger partial charge in [-0.1, -0.05) is 78.9 Å². The smallest absolute Gasteiger partial charge is 0.235 e. The van der Waals surface area contributed by atoms with Crippen LogP contribution >= 0.6 is 0 Å². The molecule has 0 heterocycles. The molecule has 0 aromatic heterocycles. The Hall–Kier alpha value is -3.59. The van der Waals surface area contributed by atoms with Crippen LogP contribution in [0.25, 0.3) is 10.8 Å². The Morgan fingerprint density at radius 3 is 2.03 bits per heavy atom. The number of hydrogen-bond acceptors (Lipinski definition) is 2. The van der Waals surface area contributed by atoms with Gasteiger partial charge in [0.2, 0.25) is 5.91 Å². The third-order valence-corrected chi connectivity index (χ3v) is 6.22. The number of methoxy groups -OCH3 is 1. The van der Waals surface area contributed by atoms with Gasteiger partial charge in [0.05, 0.1) is 12.5 Å². The van der Waals surface area contributed by atoms with E-state index in [0.717, 1.165) is 27.8 Å². The zero-order valence-corrected chi connectivity index (χ0v) is 16.9. The van der Waals surface area contributed by atoms with E-state index in [1.807, 2.05) is 54.6 Å². The van der Waals surface area contributed by atoms with Crippen molar-refractivity contribution in [3.8, 4) is 5.75 Å². The molecular formula is C27H23NO2. The third kappa shape index (κ3) is 2.94. The number of anilines is 1. The van der Waals surface area contributed by atoms with Crippen molar-refractivity contribution < 1.29 is 9.53 Å². The fourth-order valence-corrected chi connectivity index (χ4v) is 4.67. The Morgan fingerprint density at radius 2 is 1.37 bits per heavy atom. The molecule has 0 fully saturated rings. The molecule has 4 aromatic rings. The highest BCUT2D eigenvalue weighted by molar-refractivity contribution is 6.07. The van der Waals surface area contributed by atoms with Crippen LogP contribution in [0.5, 0.6) is 5.75 Å². The molecule has 30 heavy (non-hydrogen) atoms. The van der Waals surface area contributed by atoms with Crippen molar-refractivity contribution in [2.75, 3.05) is 12.4 Å². The van der Waals surface area contributed by atoms with E-state index in [1.54, 1.807) is 7.11 Å². The maximum absolute atomic E-state index is 13.9. The molecule has 0 radical (unpaired) electrons. The Balaban J connectivity index is 1.58. The predicted molar refractivity (Wildman–Crippen MR) is 121 cm³/mol. The van der Waals surface area contributed by atoms with Crippen molar-refractivity contribution in [2.24, 2.45) is 0 Å². The zero-order chi connectivity index (χ0) is 20.6. The van der Waals surface area contributed by atoms with Gasteiger partial charge in [-0.25, -0.2) is 0 Å². The molecule has 0 unspecified atom stereocenters. The molecule has 0 aliphatic heterocycles. The highest BCUT2D eigenvalue weighted by Crippen LogP contribution is 2.41. The van der Waals surface area contributed by atoms with E-state index in [0.29, 0.717) is 12.8 Å². The third-order valence-electron chi connectivity index (χ3n) is 6.22. The van der Waals surface area contributed by atoms with E-state index >= 15 is 0 Å². The van der Waals surface area contributed by atoms with Gasteiger partial charge in [-0.2, -0.15) is 0 Å². The number of amides is 1. The molecular weight excluding hydrogens is 370 g/mol. The number of benzene rings is 4. The van der Waals surface area contributed by atoms with Crippen molar-refractivity contribution in [1.29, 1.82) is 0 Å². The van der Waals surface area contributed by atoms with E-state index < -0.39 is 5.41 Å². The lowest BCUT2D eigenvalue weighted by Gasteiger charge is -2.29. The van der Waals surface area contributed by atoms with E-state index in [-0.39, 0.29) is 5.91 Å². The summed E-state index contributed by atoms with van der Waals surface area (Å²) in [7, 11) is 1.67. The predicted octanol–water partition coefficient (Wildman–Crippen LogP) is 5.52. The molecule has 0 bridgehead atoms. The van der Waals surface area contributed by atoms with Crippen LogP contribution < -0.4 is 10.1 Å². The molecule has 3 nitrogen and oxygen atoms in total. The summed E-state index contributed by atoms with van der Waals surface area (Å²) in [6, 6.07) is 30.4. The molecule has 1 amide bonds. The Labute approximate surface area is 176 Å². The second kappa shape index (κ2) is 7.34. The monoisotopic (exact) mass is 393 g/mol. The number of ether oxygens (including phenoxy) is 1. The molecule has 0 spiro atoms. The summed E-state index contributed by atoms with van der Waals surface area (Å²) in [6.07, 6.45) is 1.40. The summed E-state index contributed by atoms with van der Waals surface area (Å²) in [6.45, 7) is 0. The zero-order valence-electron chi connectivity index (χ0n) is 16.9. The van der Waals surface area contributed by atoms with Crippen LogP contribution in [-0.2, 0) is 23.1 Å². The topological polar surface area (TPSA) is 38.3 Å². The van der Waals surface area contributed by atoms with Gasteiger partial charge in [-0.05, 0) is 41.7 Å². The number of nitrogens with one attached hydrogen (secondary N) is 1. The summed E-state index contributed by atoms with van der Waals surface area (Å²) >= 11 is 0. The van der Waals surface area contributed by atoms with E-state index in [9.17, 15) is 4.79 Å². The van der Waals surface area contributed by atoms with Crippen LogP contribution in [0.3, 0.4) is 0 Å². The first kappa shape index (κ1) is 18.4. The summed E-state index contributed by atoms with van der Waals surface area (Å²) in [5, 5.41) is 5.22. The van der Waals surface area contributed by atoms with Crippen molar-refractivity contribution in [2.45, 2.75) is 18.3 Å². The number of fused-ring (bicyclic) bond motifs is 2. The maximum atomic E-state index is 13.9. The number of rotatable bonds is 4. The molecule has 4 aromatic carbocycles. The summed E-state index contributed by atoms with van der Waals surface area (Å²) < 4.78 is 5.51. The molecule has 5 rings (SSSR count). The van der Waals surface area contributed by atoms with Gasteiger partial charge in [0, 0.05) is 16.5 Å². The second-order valence-corrected chi connectivity index (χ2v) is 7.89. The highest BCUT2D eigenvalue weighted by atomic mass is 16.5. The molecule has 0 saturated carbocycles. The SMILES string of the molecule is COc1ccc(NC(=O)C2(c3ccccc3)Cc3ccccc3C2)c2ccccc12. The van der Waals surface area contributed by atoms with Crippen molar-refractivity contribution in [3.05, 3.63) is 108 Å². The Morgan fingerprint density at radius 1 is 0.767 bits per heavy atom. The standard InChI is InChI=1S/C27H23NO2/c1-30-25-16-15-24(22-13-7-8-14-23(22)25)28-26(29)27(21-11-3-2-4-12-21)17-19-9-5-6-10-20(19)18-27/h2-16H,17-18H2,1H3,(H,28,29). The van der Waals surface area contributed by atoms with Crippen LogP contribution in [0.15, 0.2) is 91.0 Å². The molecule has 0 saturated heterocycles. The molecule has 1 N–H and O–H groups in total. The minimum absolute atomic E-state index is 0.0280. The average molecular weight is 393 g/mol. The normalized spacial score (nSPS) is 14.3. The second-order valence-electron chi connectivity index (χ2n) is 7.89. The molecule has 3 heteroatoms. The van der Waals surface area contributed by atoms with Gasteiger partial charge in [0.25, 0.3) is 0 Å². The minimum atomic E-state index is -0.619. The first-order chi connectivity index (χ1) is 14.7. The van der Waals surface area contributed by atoms with Gasteiger partial charge in [0.1, 0.15) is 5.75 Å². The van der Waals surface area contributed by atoms with Crippen LogP contribution in [0.2, 0.25) is 0 Å². The van der Waals surface area contributed by atoms with Gasteiger partial charge >= 0.3 is 0 Å². The van der Waals surface area contributed by atoms with Gasteiger partial charge in [0.15, 0.2) is 0 Å². The average Bonchev–Trinajstić information content (AvgIpc) is 3.21. The first-order valence-corrected chi connectivity index (χ1v) is 10.2. The molecule has 148 valence electrons. The Kier molecular flexibility index (Phi) is 4.51. The summed E-state index contributed by atoms with van der Waals surface area (Å²) in [5.41, 5.74) is 3.73. The maximum Gasteiger partial charge on any atom is 0.235 e. The molecule has 1 aliphatic carbocycles. The van der Waals surface area contributed by atoms with Crippen molar-refractivity contribution in [3.63, 3.8) is 0 Å². The van der Waals surface area contributed by atoms with Gasteiger partial charge < -0.3 is 10.1 Å². The van der Waals surface area contributed by atoms with Gasteiger partial charge in [-0.15, -0.1) is 0 Å². The van der Waals surface area contributed by atoms with Crippen LogP contribution in [-0.4, -0.2) is 13.0 Å². The largest absolute Gasteiger partial charge is 0.496 e. The number of hydrogen-bond donors (Lipinski definition) is 1. The lowest BCUT2D eigenvalue weighted by atomic mass is 9.76. The van der Waals surface area contributed by atoms with E-state index in [2.05, 4.69) is 41.7 Å². The van der Waals surface area contributed by atoms with Crippen LogP contribution in [0.4, 0.5) is 5.69 Å². The van der Waals surface area contributed by atoms with Crippen LogP contribution in [0, 0.1) is 0 Å². The molecule has 0 atom stereocenters. The fraction of sp³-hybridized carbons (Fsp3) is 0.148. The lowest BCUT2D eigenvalue weighted by Crippen LogP contribution is -2.41. The van der Waals surface area contributed by atoms with E-state index in [1.165, 1.54) is 11.1 Å². The minimum Gasteiger partial charge on any atom is -0.496 e. The number of carbonyl (C=O) groups excluding carboxylic acids is 1. The quantitative estimate of drug-likeness (QED) is 0.495. The first-order valence-electron chi connectivity index (χ1n) is 10.2.